The van der Waals surface area contributed by atoms with Crippen molar-refractivity contribution in [1.29, 1.82) is 0 Å². The molecule has 0 spiro atoms. The van der Waals surface area contributed by atoms with Gasteiger partial charge in [-0.05, 0) is 36.3 Å². The van der Waals surface area contributed by atoms with Gasteiger partial charge in [0.15, 0.2) is 0 Å². The standard InChI is InChI=1S/C18H25N3/c1-18(2,3)14-8-5-6-9-16(14)20-15-10-7-11-17-13(15)12-19-21(17)4/h5-6,8-9,12,15,20H,7,10-11H2,1-4H3. The largest absolute Gasteiger partial charge is 0.378 e. The van der Waals surface area contributed by atoms with Crippen molar-refractivity contribution in [1.82, 2.24) is 9.78 Å². The molecule has 3 heteroatoms. The summed E-state index contributed by atoms with van der Waals surface area (Å²) < 4.78 is 2.03. The number of aromatic nitrogens is 2. The molecule has 112 valence electrons. The van der Waals surface area contributed by atoms with E-state index < -0.39 is 0 Å². The molecule has 0 fully saturated rings. The van der Waals surface area contributed by atoms with Crippen molar-refractivity contribution in [3.8, 4) is 0 Å². The Labute approximate surface area is 127 Å². The first-order valence-electron chi connectivity index (χ1n) is 7.83. The summed E-state index contributed by atoms with van der Waals surface area (Å²) in [6.07, 6.45) is 5.58. The lowest BCUT2D eigenvalue weighted by Gasteiger charge is -2.29. The predicted octanol–water partition coefficient (Wildman–Crippen LogP) is 4.21. The lowest BCUT2D eigenvalue weighted by Crippen LogP contribution is -2.21. The third-order valence-electron chi connectivity index (χ3n) is 4.44. The zero-order valence-electron chi connectivity index (χ0n) is 13.5. The third-order valence-corrected chi connectivity index (χ3v) is 4.44. The molecule has 0 bridgehead atoms. The fraction of sp³-hybridized carbons (Fsp3) is 0.500. The lowest BCUT2D eigenvalue weighted by atomic mass is 9.85. The summed E-state index contributed by atoms with van der Waals surface area (Å²) in [5.74, 6) is 0. The molecule has 1 aliphatic carbocycles. The van der Waals surface area contributed by atoms with Crippen LogP contribution in [0.5, 0.6) is 0 Å². The van der Waals surface area contributed by atoms with Crippen molar-refractivity contribution in [3.63, 3.8) is 0 Å². The molecular formula is C18H25N3. The fourth-order valence-corrected chi connectivity index (χ4v) is 3.31. The number of anilines is 1. The molecule has 1 unspecified atom stereocenters. The quantitative estimate of drug-likeness (QED) is 0.895. The molecule has 0 saturated carbocycles. The molecule has 3 nitrogen and oxygen atoms in total. The summed E-state index contributed by atoms with van der Waals surface area (Å²) in [6.45, 7) is 6.80. The summed E-state index contributed by atoms with van der Waals surface area (Å²) in [4.78, 5) is 0. The van der Waals surface area contributed by atoms with Crippen LogP contribution in [0.3, 0.4) is 0 Å². The Balaban J connectivity index is 1.92. The summed E-state index contributed by atoms with van der Waals surface area (Å²) in [5, 5.41) is 8.21. The highest BCUT2D eigenvalue weighted by atomic mass is 15.3. The van der Waals surface area contributed by atoms with Crippen molar-refractivity contribution in [3.05, 3.63) is 47.3 Å². The van der Waals surface area contributed by atoms with Gasteiger partial charge >= 0.3 is 0 Å². The van der Waals surface area contributed by atoms with Gasteiger partial charge in [0.25, 0.3) is 0 Å². The molecular weight excluding hydrogens is 258 g/mol. The maximum atomic E-state index is 4.44. The van der Waals surface area contributed by atoms with Crippen molar-refractivity contribution in [2.24, 2.45) is 7.05 Å². The van der Waals surface area contributed by atoms with E-state index in [4.69, 9.17) is 0 Å². The van der Waals surface area contributed by atoms with Gasteiger partial charge in [-0.25, -0.2) is 0 Å². The maximum Gasteiger partial charge on any atom is 0.0547 e. The van der Waals surface area contributed by atoms with Gasteiger partial charge in [0, 0.05) is 24.0 Å². The second-order valence-electron chi connectivity index (χ2n) is 7.05. The molecule has 1 atom stereocenters. The van der Waals surface area contributed by atoms with Crippen LogP contribution < -0.4 is 5.32 Å². The van der Waals surface area contributed by atoms with Gasteiger partial charge in [-0.3, -0.25) is 4.68 Å². The van der Waals surface area contributed by atoms with Gasteiger partial charge in [-0.15, -0.1) is 0 Å². The van der Waals surface area contributed by atoms with E-state index in [1.165, 1.54) is 35.3 Å². The van der Waals surface area contributed by atoms with E-state index in [2.05, 4.69) is 55.5 Å². The van der Waals surface area contributed by atoms with E-state index in [0.717, 1.165) is 6.42 Å². The van der Waals surface area contributed by atoms with Crippen LogP contribution in [0.15, 0.2) is 30.5 Å². The van der Waals surface area contributed by atoms with Crippen LogP contribution in [-0.2, 0) is 18.9 Å². The number of benzene rings is 1. The summed E-state index contributed by atoms with van der Waals surface area (Å²) >= 11 is 0. The van der Waals surface area contributed by atoms with Crippen LogP contribution in [0.2, 0.25) is 0 Å². The monoisotopic (exact) mass is 283 g/mol. The smallest absolute Gasteiger partial charge is 0.0547 e. The number of nitrogens with one attached hydrogen (secondary N) is 1. The van der Waals surface area contributed by atoms with E-state index in [9.17, 15) is 0 Å². The Kier molecular flexibility index (Phi) is 3.52. The minimum atomic E-state index is 0.149. The molecule has 2 aromatic rings. The number of fused-ring (bicyclic) bond motifs is 1. The molecule has 21 heavy (non-hydrogen) atoms. The first-order valence-corrected chi connectivity index (χ1v) is 7.83. The van der Waals surface area contributed by atoms with E-state index in [1.54, 1.807) is 0 Å². The van der Waals surface area contributed by atoms with Gasteiger partial charge in [-0.2, -0.15) is 5.10 Å². The van der Waals surface area contributed by atoms with Crippen LogP contribution in [0, 0.1) is 0 Å². The molecule has 0 amide bonds. The molecule has 1 aromatic carbocycles. The average Bonchev–Trinajstić information content (AvgIpc) is 2.81. The number of para-hydroxylation sites is 1. The van der Waals surface area contributed by atoms with Crippen LogP contribution in [0.4, 0.5) is 5.69 Å². The van der Waals surface area contributed by atoms with E-state index in [-0.39, 0.29) is 5.41 Å². The first-order chi connectivity index (χ1) is 9.97. The number of hydrogen-bond acceptors (Lipinski definition) is 2. The van der Waals surface area contributed by atoms with Gasteiger partial charge in [0.05, 0.1) is 12.2 Å². The van der Waals surface area contributed by atoms with Crippen LogP contribution in [0.25, 0.3) is 0 Å². The predicted molar refractivity (Wildman–Crippen MR) is 87.7 cm³/mol. The van der Waals surface area contributed by atoms with E-state index in [1.807, 2.05) is 17.9 Å². The van der Waals surface area contributed by atoms with Crippen molar-refractivity contribution in [2.75, 3.05) is 5.32 Å². The maximum absolute atomic E-state index is 4.44. The lowest BCUT2D eigenvalue weighted by molar-refractivity contribution is 0.563. The van der Waals surface area contributed by atoms with Crippen molar-refractivity contribution >= 4 is 5.69 Å². The van der Waals surface area contributed by atoms with Gasteiger partial charge in [0.1, 0.15) is 0 Å². The second-order valence-corrected chi connectivity index (χ2v) is 7.05. The highest BCUT2D eigenvalue weighted by molar-refractivity contribution is 5.55. The minimum absolute atomic E-state index is 0.149. The number of aryl methyl sites for hydroxylation is 1. The summed E-state index contributed by atoms with van der Waals surface area (Å²) in [7, 11) is 2.05. The Morgan fingerprint density at radius 1 is 1.24 bits per heavy atom. The summed E-state index contributed by atoms with van der Waals surface area (Å²) in [5.41, 5.74) is 5.53. The van der Waals surface area contributed by atoms with Gasteiger partial charge < -0.3 is 5.32 Å². The summed E-state index contributed by atoms with van der Waals surface area (Å²) in [6, 6.07) is 9.05. The van der Waals surface area contributed by atoms with Crippen molar-refractivity contribution < 1.29 is 0 Å². The van der Waals surface area contributed by atoms with Gasteiger partial charge in [0.2, 0.25) is 0 Å². The Bertz CT molecular complexity index is 634. The Hall–Kier alpha value is -1.77. The fourth-order valence-electron chi connectivity index (χ4n) is 3.31. The molecule has 3 rings (SSSR count). The highest BCUT2D eigenvalue weighted by Crippen LogP contribution is 2.36. The number of hydrogen-bond donors (Lipinski definition) is 1. The number of rotatable bonds is 2. The molecule has 1 heterocycles. The zero-order valence-corrected chi connectivity index (χ0v) is 13.5. The highest BCUT2D eigenvalue weighted by Gasteiger charge is 2.25. The van der Waals surface area contributed by atoms with E-state index >= 15 is 0 Å². The zero-order chi connectivity index (χ0) is 15.0. The minimum Gasteiger partial charge on any atom is -0.378 e. The third kappa shape index (κ3) is 2.69. The van der Waals surface area contributed by atoms with Gasteiger partial charge in [-0.1, -0.05) is 39.0 Å². The molecule has 1 N–H and O–H groups in total. The van der Waals surface area contributed by atoms with E-state index in [0.29, 0.717) is 6.04 Å². The normalized spacial score (nSPS) is 18.4. The molecule has 0 saturated heterocycles. The second kappa shape index (κ2) is 5.21. The molecule has 1 aromatic heterocycles. The number of nitrogens with zero attached hydrogens (tertiary/aromatic N) is 2. The topological polar surface area (TPSA) is 29.9 Å². The SMILES string of the molecule is Cn1ncc2c1CCCC2Nc1ccccc1C(C)(C)C. The average molecular weight is 283 g/mol. The Morgan fingerprint density at radius 2 is 2.00 bits per heavy atom. The Morgan fingerprint density at radius 3 is 2.76 bits per heavy atom. The molecule has 0 radical (unpaired) electrons. The molecule has 0 aliphatic heterocycles. The van der Waals surface area contributed by atoms with Crippen LogP contribution in [0.1, 0.15) is 56.5 Å². The van der Waals surface area contributed by atoms with Crippen LogP contribution in [-0.4, -0.2) is 9.78 Å². The van der Waals surface area contributed by atoms with Crippen molar-refractivity contribution in [2.45, 2.75) is 51.5 Å². The molecule has 1 aliphatic rings. The first kappa shape index (κ1) is 14.2. The van der Waals surface area contributed by atoms with Crippen LogP contribution >= 0.6 is 0 Å².